The first-order valence-electron chi connectivity index (χ1n) is 10.7. The Morgan fingerprint density at radius 2 is 1.97 bits per heavy atom. The Hall–Kier alpha value is -2.76. The number of likely N-dealkylation sites (tertiary alicyclic amines) is 1. The van der Waals surface area contributed by atoms with Gasteiger partial charge < -0.3 is 10.6 Å². The predicted molar refractivity (Wildman–Crippen MR) is 121 cm³/mol. The molecule has 0 unspecified atom stereocenters. The lowest BCUT2D eigenvalue weighted by molar-refractivity contribution is -0.126. The van der Waals surface area contributed by atoms with Crippen LogP contribution in [0.1, 0.15) is 31.4 Å². The average molecular weight is 403 g/mol. The first kappa shape index (κ1) is 20.5. The summed E-state index contributed by atoms with van der Waals surface area (Å²) in [5.74, 6) is 0.121. The zero-order valence-corrected chi connectivity index (χ0v) is 17.7. The molecule has 2 heterocycles. The van der Waals surface area contributed by atoms with Crippen LogP contribution in [0.2, 0.25) is 0 Å². The Morgan fingerprint density at radius 1 is 1.13 bits per heavy atom. The van der Waals surface area contributed by atoms with Crippen LogP contribution in [-0.4, -0.2) is 40.5 Å². The second kappa shape index (κ2) is 9.37. The van der Waals surface area contributed by atoms with Crippen molar-refractivity contribution in [2.24, 2.45) is 0 Å². The van der Waals surface area contributed by atoms with E-state index >= 15 is 0 Å². The molecule has 2 N–H and O–H groups in total. The van der Waals surface area contributed by atoms with Gasteiger partial charge >= 0.3 is 0 Å². The molecule has 5 heteroatoms. The Labute approximate surface area is 178 Å². The summed E-state index contributed by atoms with van der Waals surface area (Å²) in [5.41, 5.74) is 2.43. The fourth-order valence-electron chi connectivity index (χ4n) is 4.29. The Balaban J connectivity index is 1.51. The number of rotatable bonds is 7. The number of hydrogen-bond acceptors (Lipinski definition) is 4. The molecule has 2 atom stereocenters. The van der Waals surface area contributed by atoms with Crippen molar-refractivity contribution >= 4 is 16.7 Å². The van der Waals surface area contributed by atoms with Crippen LogP contribution in [0, 0.1) is 0 Å². The average Bonchev–Trinajstić information content (AvgIpc) is 3.16. The molecule has 1 amide bonds. The minimum Gasteiger partial charge on any atom is -0.353 e. The number of pyridine rings is 1. The van der Waals surface area contributed by atoms with Crippen LogP contribution in [0.15, 0.2) is 67.0 Å². The molecule has 2 aromatic carbocycles. The molecule has 1 saturated heterocycles. The van der Waals surface area contributed by atoms with Crippen molar-refractivity contribution in [3.8, 4) is 0 Å². The molecule has 1 fully saturated rings. The monoisotopic (exact) mass is 402 g/mol. The molecule has 1 aromatic heterocycles. The highest BCUT2D eigenvalue weighted by molar-refractivity contribution is 5.86. The third-order valence-electron chi connectivity index (χ3n) is 5.71. The summed E-state index contributed by atoms with van der Waals surface area (Å²) < 4.78 is 0. The van der Waals surface area contributed by atoms with Crippen molar-refractivity contribution in [1.29, 1.82) is 0 Å². The number of benzene rings is 2. The number of aromatic nitrogens is 1. The van der Waals surface area contributed by atoms with Crippen LogP contribution < -0.4 is 10.6 Å². The zero-order chi connectivity index (χ0) is 20.9. The molecule has 30 heavy (non-hydrogen) atoms. The van der Waals surface area contributed by atoms with Crippen LogP contribution in [0.4, 0.5) is 0 Å². The van der Waals surface area contributed by atoms with E-state index in [0.717, 1.165) is 31.6 Å². The molecular weight excluding hydrogens is 372 g/mol. The molecule has 0 bridgehead atoms. The van der Waals surface area contributed by atoms with Crippen molar-refractivity contribution in [2.75, 3.05) is 6.54 Å². The van der Waals surface area contributed by atoms with Crippen molar-refractivity contribution in [2.45, 2.75) is 51.5 Å². The van der Waals surface area contributed by atoms with Gasteiger partial charge in [-0.2, -0.15) is 0 Å². The number of fused-ring (bicyclic) bond motifs is 1. The van der Waals surface area contributed by atoms with E-state index in [4.69, 9.17) is 0 Å². The maximum atomic E-state index is 12.9. The highest BCUT2D eigenvalue weighted by Crippen LogP contribution is 2.25. The Kier molecular flexibility index (Phi) is 6.41. The molecule has 4 rings (SSSR count). The van der Waals surface area contributed by atoms with Crippen LogP contribution in [0.3, 0.4) is 0 Å². The molecule has 0 aliphatic carbocycles. The van der Waals surface area contributed by atoms with E-state index in [1.54, 1.807) is 6.20 Å². The van der Waals surface area contributed by atoms with E-state index in [-0.39, 0.29) is 24.0 Å². The van der Waals surface area contributed by atoms with Gasteiger partial charge in [-0.15, -0.1) is 0 Å². The lowest BCUT2D eigenvalue weighted by Crippen LogP contribution is -2.45. The summed E-state index contributed by atoms with van der Waals surface area (Å²) in [6.07, 6.45) is 4.49. The van der Waals surface area contributed by atoms with E-state index in [1.807, 2.05) is 26.1 Å². The third-order valence-corrected chi connectivity index (χ3v) is 5.71. The normalized spacial score (nSPS) is 19.4. The molecule has 0 spiro atoms. The van der Waals surface area contributed by atoms with Crippen molar-refractivity contribution in [3.63, 3.8) is 0 Å². The first-order chi connectivity index (χ1) is 14.6. The molecular formula is C25H30N4O. The molecule has 0 saturated carbocycles. The Bertz CT molecular complexity index is 983. The summed E-state index contributed by atoms with van der Waals surface area (Å²) in [5, 5.41) is 9.24. The standard InChI is InChI=1S/C25H30N4O/c1-18(2)28-25(30)24-13-22(27-15-19-7-6-12-26-14-19)17-29(24)16-21-10-5-9-20-8-3-4-11-23(20)21/h3-12,14,18,22,24,27H,13,15-17H2,1-2H3,(H,28,30)/t22-,24+/m1/s1. The van der Waals surface area contributed by atoms with Gasteiger partial charge in [-0.25, -0.2) is 0 Å². The number of carbonyl (C=O) groups is 1. The van der Waals surface area contributed by atoms with Gasteiger partial charge in [-0.05, 0) is 48.2 Å². The zero-order valence-electron chi connectivity index (χ0n) is 17.7. The molecule has 1 aliphatic rings. The van der Waals surface area contributed by atoms with Gasteiger partial charge in [0.25, 0.3) is 0 Å². The minimum absolute atomic E-state index is 0.121. The van der Waals surface area contributed by atoms with Gasteiger partial charge in [0.2, 0.25) is 5.91 Å². The number of carbonyl (C=O) groups excluding carboxylic acids is 1. The number of nitrogens with one attached hydrogen (secondary N) is 2. The van der Waals surface area contributed by atoms with Crippen molar-refractivity contribution in [3.05, 3.63) is 78.1 Å². The van der Waals surface area contributed by atoms with Crippen LogP contribution in [0.5, 0.6) is 0 Å². The summed E-state index contributed by atoms with van der Waals surface area (Å²) in [4.78, 5) is 19.5. The lowest BCUT2D eigenvalue weighted by atomic mass is 10.0. The van der Waals surface area contributed by atoms with E-state index in [9.17, 15) is 4.79 Å². The largest absolute Gasteiger partial charge is 0.353 e. The van der Waals surface area contributed by atoms with E-state index in [2.05, 4.69) is 69.0 Å². The van der Waals surface area contributed by atoms with Gasteiger partial charge in [-0.3, -0.25) is 14.7 Å². The Morgan fingerprint density at radius 3 is 2.77 bits per heavy atom. The predicted octanol–water partition coefficient (Wildman–Crippen LogP) is 3.49. The van der Waals surface area contributed by atoms with Crippen molar-refractivity contribution < 1.29 is 4.79 Å². The molecule has 156 valence electrons. The maximum Gasteiger partial charge on any atom is 0.237 e. The topological polar surface area (TPSA) is 57.3 Å². The summed E-state index contributed by atoms with van der Waals surface area (Å²) >= 11 is 0. The SMILES string of the molecule is CC(C)NC(=O)[C@@H]1C[C@@H](NCc2cccnc2)CN1Cc1cccc2ccccc12. The number of nitrogens with zero attached hydrogens (tertiary/aromatic N) is 2. The molecule has 3 aromatic rings. The van der Waals surface area contributed by atoms with Gasteiger partial charge in [-0.1, -0.05) is 48.5 Å². The highest BCUT2D eigenvalue weighted by atomic mass is 16.2. The van der Waals surface area contributed by atoms with Crippen molar-refractivity contribution in [1.82, 2.24) is 20.5 Å². The molecule has 1 aliphatic heterocycles. The van der Waals surface area contributed by atoms with Crippen LogP contribution >= 0.6 is 0 Å². The number of amides is 1. The minimum atomic E-state index is -0.127. The van der Waals surface area contributed by atoms with E-state index in [0.29, 0.717) is 0 Å². The lowest BCUT2D eigenvalue weighted by Gasteiger charge is -2.25. The number of hydrogen-bond donors (Lipinski definition) is 2. The summed E-state index contributed by atoms with van der Waals surface area (Å²) in [6, 6.07) is 19.2. The van der Waals surface area contributed by atoms with Gasteiger partial charge in [0, 0.05) is 44.1 Å². The van der Waals surface area contributed by atoms with Gasteiger partial charge in [0.15, 0.2) is 0 Å². The summed E-state index contributed by atoms with van der Waals surface area (Å²) in [7, 11) is 0. The van der Waals surface area contributed by atoms with E-state index in [1.165, 1.54) is 16.3 Å². The van der Waals surface area contributed by atoms with Crippen LogP contribution in [-0.2, 0) is 17.9 Å². The summed E-state index contributed by atoms with van der Waals surface area (Å²) in [6.45, 7) is 6.40. The highest BCUT2D eigenvalue weighted by Gasteiger charge is 2.36. The molecule has 0 radical (unpaired) electrons. The molecule has 5 nitrogen and oxygen atoms in total. The first-order valence-corrected chi connectivity index (χ1v) is 10.7. The maximum absolute atomic E-state index is 12.9. The fourth-order valence-corrected chi connectivity index (χ4v) is 4.29. The fraction of sp³-hybridized carbons (Fsp3) is 0.360. The second-order valence-corrected chi connectivity index (χ2v) is 8.42. The van der Waals surface area contributed by atoms with E-state index < -0.39 is 0 Å². The second-order valence-electron chi connectivity index (χ2n) is 8.42. The van der Waals surface area contributed by atoms with Gasteiger partial charge in [0.05, 0.1) is 6.04 Å². The van der Waals surface area contributed by atoms with Gasteiger partial charge in [0.1, 0.15) is 0 Å². The quantitative estimate of drug-likeness (QED) is 0.635. The van der Waals surface area contributed by atoms with Crippen LogP contribution in [0.25, 0.3) is 10.8 Å². The smallest absolute Gasteiger partial charge is 0.237 e. The third kappa shape index (κ3) is 4.86.